The first-order chi connectivity index (χ1) is 16.0. The average Bonchev–Trinajstić information content (AvgIpc) is 3.30. The van der Waals surface area contributed by atoms with E-state index in [0.29, 0.717) is 34.1 Å². The van der Waals surface area contributed by atoms with Gasteiger partial charge in [-0.3, -0.25) is 9.78 Å². The van der Waals surface area contributed by atoms with E-state index in [1.54, 1.807) is 67.0 Å². The van der Waals surface area contributed by atoms with Gasteiger partial charge in [-0.1, -0.05) is 18.2 Å². The molecule has 0 radical (unpaired) electrons. The molecule has 0 fully saturated rings. The summed E-state index contributed by atoms with van der Waals surface area (Å²) < 4.78 is 6.81. The van der Waals surface area contributed by atoms with Gasteiger partial charge in [-0.25, -0.2) is 14.4 Å². The Morgan fingerprint density at radius 1 is 1.06 bits per heavy atom. The highest BCUT2D eigenvalue weighted by Gasteiger charge is 2.22. The predicted octanol–water partition coefficient (Wildman–Crippen LogP) is 4.65. The second kappa shape index (κ2) is 9.23. The molecule has 2 N–H and O–H groups in total. The minimum Gasteiger partial charge on any atom is -0.495 e. The predicted molar refractivity (Wildman–Crippen MR) is 124 cm³/mol. The number of para-hydroxylation sites is 2. The summed E-state index contributed by atoms with van der Waals surface area (Å²) in [5.74, 6) is 0.119. The number of carbonyl (C=O) groups excluding carboxylic acids is 1. The van der Waals surface area contributed by atoms with Gasteiger partial charge in [0.25, 0.3) is 5.91 Å². The smallest absolute Gasteiger partial charge is 0.416 e. The lowest BCUT2D eigenvalue weighted by molar-refractivity contribution is 0.102. The number of methoxy groups -OCH3 is 1. The van der Waals surface area contributed by atoms with E-state index in [1.807, 2.05) is 13.0 Å². The lowest BCUT2D eigenvalue weighted by Crippen LogP contribution is -2.23. The Balaban J connectivity index is 1.61. The second-order valence-corrected chi connectivity index (χ2v) is 7.13. The van der Waals surface area contributed by atoms with Crippen LogP contribution in [0.15, 0.2) is 79.3 Å². The number of hydrogen-bond acceptors (Lipinski definition) is 5. The fourth-order valence-electron chi connectivity index (χ4n) is 3.27. The van der Waals surface area contributed by atoms with Crippen molar-refractivity contribution in [1.29, 1.82) is 0 Å². The van der Waals surface area contributed by atoms with E-state index >= 15 is 0 Å². The zero-order valence-corrected chi connectivity index (χ0v) is 18.0. The molecule has 166 valence electrons. The number of hydrogen-bond donors (Lipinski definition) is 2. The van der Waals surface area contributed by atoms with Crippen LogP contribution >= 0.6 is 0 Å². The maximum Gasteiger partial charge on any atom is 0.416 e. The summed E-state index contributed by atoms with van der Waals surface area (Å²) in [4.78, 5) is 30.0. The zero-order chi connectivity index (χ0) is 23.4. The molecular weight excluding hydrogens is 422 g/mol. The van der Waals surface area contributed by atoms with Crippen LogP contribution in [0.25, 0.3) is 5.69 Å². The molecule has 4 aromatic rings. The molecule has 0 bridgehead atoms. The van der Waals surface area contributed by atoms with Gasteiger partial charge in [-0.05, 0) is 49.4 Å². The Hall–Kier alpha value is -4.66. The molecule has 9 heteroatoms. The maximum atomic E-state index is 12.7. The number of carbonyl (C=O) groups is 2. The molecule has 0 atom stereocenters. The van der Waals surface area contributed by atoms with Crippen molar-refractivity contribution in [1.82, 2.24) is 14.8 Å². The Morgan fingerprint density at radius 2 is 1.88 bits per heavy atom. The third-order valence-corrected chi connectivity index (χ3v) is 4.89. The minimum absolute atomic E-state index is 0.295. The number of benzene rings is 2. The third kappa shape index (κ3) is 4.67. The Morgan fingerprint density at radius 3 is 2.61 bits per heavy atom. The normalized spacial score (nSPS) is 10.5. The third-order valence-electron chi connectivity index (χ3n) is 4.89. The molecule has 0 saturated carbocycles. The van der Waals surface area contributed by atoms with Gasteiger partial charge in [0, 0.05) is 11.3 Å². The molecule has 0 saturated heterocycles. The van der Waals surface area contributed by atoms with Crippen molar-refractivity contribution in [3.8, 4) is 11.4 Å². The van der Waals surface area contributed by atoms with E-state index in [0.717, 1.165) is 10.6 Å². The summed E-state index contributed by atoms with van der Waals surface area (Å²) in [6.45, 7) is 1.87. The molecule has 0 aliphatic heterocycles. The first-order valence-corrected chi connectivity index (χ1v) is 10.0. The minimum atomic E-state index is -1.18. The van der Waals surface area contributed by atoms with Crippen LogP contribution in [0.1, 0.15) is 16.1 Å². The van der Waals surface area contributed by atoms with Crippen molar-refractivity contribution in [2.45, 2.75) is 6.92 Å². The Kier molecular flexibility index (Phi) is 6.03. The molecule has 33 heavy (non-hydrogen) atoms. The van der Waals surface area contributed by atoms with Gasteiger partial charge in [0.2, 0.25) is 0 Å². The number of rotatable bonds is 6. The summed E-state index contributed by atoms with van der Waals surface area (Å²) in [5, 5.41) is 16.9. The maximum absolute atomic E-state index is 12.7. The fourth-order valence-corrected chi connectivity index (χ4v) is 3.27. The van der Waals surface area contributed by atoms with E-state index in [9.17, 15) is 14.7 Å². The number of pyridine rings is 1. The van der Waals surface area contributed by atoms with Gasteiger partial charge >= 0.3 is 6.09 Å². The fraction of sp³-hybridized carbons (Fsp3) is 0.0833. The summed E-state index contributed by atoms with van der Waals surface area (Å²) in [7, 11) is 1.48. The van der Waals surface area contributed by atoms with Crippen LogP contribution in [0.5, 0.6) is 5.75 Å². The summed E-state index contributed by atoms with van der Waals surface area (Å²) in [5.41, 5.74) is 3.16. The molecule has 0 aliphatic rings. The largest absolute Gasteiger partial charge is 0.495 e. The highest BCUT2D eigenvalue weighted by Crippen LogP contribution is 2.33. The number of amides is 2. The first-order valence-electron chi connectivity index (χ1n) is 10.0. The molecule has 2 aromatic carbocycles. The van der Waals surface area contributed by atoms with Crippen LogP contribution in [-0.2, 0) is 0 Å². The quantitative estimate of drug-likeness (QED) is 0.449. The lowest BCUT2D eigenvalue weighted by Gasteiger charge is -2.19. The Bertz CT molecular complexity index is 1300. The first kappa shape index (κ1) is 21.6. The second-order valence-electron chi connectivity index (χ2n) is 7.13. The topological polar surface area (TPSA) is 110 Å². The highest BCUT2D eigenvalue weighted by molar-refractivity contribution is 6.04. The van der Waals surface area contributed by atoms with Gasteiger partial charge in [0.15, 0.2) is 0 Å². The number of nitrogens with zero attached hydrogens (tertiary/aromatic N) is 4. The van der Waals surface area contributed by atoms with Crippen LogP contribution in [0.2, 0.25) is 0 Å². The van der Waals surface area contributed by atoms with E-state index in [-0.39, 0.29) is 5.91 Å². The van der Waals surface area contributed by atoms with Crippen molar-refractivity contribution in [3.05, 3.63) is 90.5 Å². The van der Waals surface area contributed by atoms with Crippen molar-refractivity contribution >= 4 is 29.1 Å². The summed E-state index contributed by atoms with van der Waals surface area (Å²) in [6.07, 6.45) is 3.42. The monoisotopic (exact) mass is 443 g/mol. The van der Waals surface area contributed by atoms with Gasteiger partial charge in [-0.15, -0.1) is 0 Å². The number of carboxylic acid groups (broad SMARTS) is 1. The number of ether oxygens (including phenoxy) is 1. The van der Waals surface area contributed by atoms with Crippen molar-refractivity contribution < 1.29 is 19.4 Å². The molecule has 2 aromatic heterocycles. The van der Waals surface area contributed by atoms with E-state index in [2.05, 4.69) is 15.4 Å². The number of anilines is 3. The summed E-state index contributed by atoms with van der Waals surface area (Å²) >= 11 is 0. The van der Waals surface area contributed by atoms with Crippen LogP contribution in [0.3, 0.4) is 0 Å². The highest BCUT2D eigenvalue weighted by atomic mass is 16.5. The van der Waals surface area contributed by atoms with Crippen LogP contribution in [-0.4, -0.2) is 39.0 Å². The van der Waals surface area contributed by atoms with Crippen LogP contribution in [0.4, 0.5) is 21.9 Å². The number of nitrogens with one attached hydrogen (secondary N) is 1. The molecule has 2 heterocycles. The van der Waals surface area contributed by atoms with Crippen LogP contribution in [0, 0.1) is 6.92 Å². The van der Waals surface area contributed by atoms with Crippen molar-refractivity contribution in [2.24, 2.45) is 0 Å². The zero-order valence-electron chi connectivity index (χ0n) is 18.0. The SMILES string of the molecule is COc1ccccc1N(C(=O)O)c1cnn(-c2cccc(C(=O)Nc3ccc(C)nc3)c2)c1. The molecule has 0 unspecified atom stereocenters. The Labute approximate surface area is 189 Å². The average molecular weight is 443 g/mol. The van der Waals surface area contributed by atoms with E-state index < -0.39 is 6.09 Å². The van der Waals surface area contributed by atoms with Gasteiger partial charge < -0.3 is 15.2 Å². The molecule has 0 aliphatic carbocycles. The molecule has 4 rings (SSSR count). The summed E-state index contributed by atoms with van der Waals surface area (Å²) in [6, 6.07) is 17.3. The molecule has 9 nitrogen and oxygen atoms in total. The van der Waals surface area contributed by atoms with Crippen molar-refractivity contribution in [2.75, 3.05) is 17.3 Å². The molecule has 0 spiro atoms. The number of aryl methyl sites for hydroxylation is 1. The lowest BCUT2D eigenvalue weighted by atomic mass is 10.2. The number of aromatic nitrogens is 3. The van der Waals surface area contributed by atoms with Crippen molar-refractivity contribution in [3.63, 3.8) is 0 Å². The molecule has 2 amide bonds. The van der Waals surface area contributed by atoms with Gasteiger partial charge in [0.1, 0.15) is 5.75 Å². The van der Waals surface area contributed by atoms with Gasteiger partial charge in [0.05, 0.1) is 48.4 Å². The van der Waals surface area contributed by atoms with Gasteiger partial charge in [-0.2, -0.15) is 5.10 Å². The van der Waals surface area contributed by atoms with Crippen LogP contribution < -0.4 is 15.0 Å². The van der Waals surface area contributed by atoms with E-state index in [4.69, 9.17) is 4.74 Å². The van der Waals surface area contributed by atoms with E-state index in [1.165, 1.54) is 18.0 Å². The standard InChI is InChI=1S/C24H21N5O4/c1-16-10-11-18(13-25-16)27-23(30)17-6-5-7-19(12-17)28-15-20(14-26-28)29(24(31)32)21-8-3-4-9-22(21)33-2/h3-15H,1-2H3,(H,27,30)(H,31,32). The molecular formula is C24H21N5O4.